The zero-order valence-corrected chi connectivity index (χ0v) is 18.3. The summed E-state index contributed by atoms with van der Waals surface area (Å²) in [6.07, 6.45) is 10.2. The minimum absolute atomic E-state index is 0.227. The van der Waals surface area contributed by atoms with Gasteiger partial charge in [-0.15, -0.1) is 0 Å². The van der Waals surface area contributed by atoms with E-state index < -0.39 is 17.7 Å². The molecule has 0 aromatic heterocycles. The number of hydrogen-bond donors (Lipinski definition) is 0. The minimum Gasteiger partial charge on any atom is -0.376 e. The zero-order valence-electron chi connectivity index (χ0n) is 18.3. The van der Waals surface area contributed by atoms with Crippen molar-refractivity contribution in [3.05, 3.63) is 0 Å². The normalized spacial score (nSPS) is 50.2. The summed E-state index contributed by atoms with van der Waals surface area (Å²) in [5.41, 5.74) is -0.508. The van der Waals surface area contributed by atoms with Gasteiger partial charge in [0.2, 0.25) is 5.79 Å². The number of hydrogen-bond acceptors (Lipinski definition) is 6. The van der Waals surface area contributed by atoms with Gasteiger partial charge < -0.3 is 18.9 Å². The molecule has 6 nitrogen and oxygen atoms in total. The lowest BCUT2D eigenvalue weighted by Gasteiger charge is -2.60. The molecule has 166 valence electrons. The molecule has 2 aliphatic carbocycles. The summed E-state index contributed by atoms with van der Waals surface area (Å²) in [6, 6.07) is 0. The summed E-state index contributed by atoms with van der Waals surface area (Å²) in [5, 5.41) is 0. The molecule has 0 aromatic rings. The molecule has 0 aromatic carbocycles. The van der Waals surface area contributed by atoms with Crippen LogP contribution in [0, 0.1) is 23.7 Å². The predicted octanol–water partition coefficient (Wildman–Crippen LogP) is 4.56. The maximum atomic E-state index is 6.44. The quantitative estimate of drug-likeness (QED) is 0.489. The van der Waals surface area contributed by atoms with Crippen LogP contribution in [0.1, 0.15) is 78.6 Å². The van der Waals surface area contributed by atoms with Crippen molar-refractivity contribution in [3.63, 3.8) is 0 Å². The molecule has 2 saturated carbocycles. The summed E-state index contributed by atoms with van der Waals surface area (Å²) in [6.45, 7) is 7.73. The first-order chi connectivity index (χ1) is 14.0. The van der Waals surface area contributed by atoms with Gasteiger partial charge in [-0.1, -0.05) is 33.1 Å². The van der Waals surface area contributed by atoms with Gasteiger partial charge in [-0.2, -0.15) is 0 Å². The molecule has 8 atom stereocenters. The van der Waals surface area contributed by atoms with Crippen LogP contribution in [0.15, 0.2) is 0 Å². The van der Waals surface area contributed by atoms with Crippen molar-refractivity contribution in [1.29, 1.82) is 0 Å². The molecule has 3 unspecified atom stereocenters. The lowest BCUT2D eigenvalue weighted by molar-refractivity contribution is -0.577. The van der Waals surface area contributed by atoms with E-state index in [9.17, 15) is 0 Å². The number of rotatable bonds is 5. The standard InChI is InChI=1S/C23H38O6/c1-15-9-10-19-16(2)20(25-14-13-24-17-7-5-4-6-8-17)26-21-23(19)18(15)11-12-22(3,27-21)28-29-23/h15-21H,4-14H2,1-3H3/t15-,16-,18?,19?,20?,21-,22+,23-/m1/s1. The van der Waals surface area contributed by atoms with Crippen LogP contribution < -0.4 is 0 Å². The second kappa shape index (κ2) is 8.03. The van der Waals surface area contributed by atoms with Crippen LogP contribution >= 0.6 is 0 Å². The van der Waals surface area contributed by atoms with E-state index in [1.807, 2.05) is 6.92 Å². The smallest absolute Gasteiger partial charge is 0.201 e. The van der Waals surface area contributed by atoms with Gasteiger partial charge in [0.25, 0.3) is 0 Å². The Bertz CT molecular complexity index is 580. The van der Waals surface area contributed by atoms with E-state index in [1.165, 1.54) is 38.5 Å². The topological polar surface area (TPSA) is 55.4 Å². The Labute approximate surface area is 174 Å². The molecule has 4 aliphatic heterocycles. The van der Waals surface area contributed by atoms with E-state index >= 15 is 0 Å². The third-order valence-electron chi connectivity index (χ3n) is 8.37. The second-order valence-electron chi connectivity index (χ2n) is 10.3. The fraction of sp³-hybridized carbons (Fsp3) is 1.00. The van der Waals surface area contributed by atoms with Crippen molar-refractivity contribution in [3.8, 4) is 0 Å². The fourth-order valence-corrected chi connectivity index (χ4v) is 6.67. The third-order valence-corrected chi connectivity index (χ3v) is 8.37. The zero-order chi connectivity index (χ0) is 20.1. The second-order valence-corrected chi connectivity index (χ2v) is 10.3. The summed E-state index contributed by atoms with van der Waals surface area (Å²) in [4.78, 5) is 12.0. The summed E-state index contributed by atoms with van der Waals surface area (Å²) in [5.74, 6) is 0.791. The first kappa shape index (κ1) is 20.7. The van der Waals surface area contributed by atoms with E-state index in [0.717, 1.165) is 19.3 Å². The number of fused-ring (bicyclic) bond motifs is 2. The number of ether oxygens (including phenoxy) is 4. The van der Waals surface area contributed by atoms with Crippen LogP contribution in [0.4, 0.5) is 0 Å². The molecule has 1 spiro atoms. The van der Waals surface area contributed by atoms with Crippen molar-refractivity contribution >= 4 is 0 Å². The van der Waals surface area contributed by atoms with Crippen molar-refractivity contribution in [2.75, 3.05) is 13.2 Å². The van der Waals surface area contributed by atoms with Crippen LogP contribution in [-0.2, 0) is 28.7 Å². The highest BCUT2D eigenvalue weighted by Gasteiger charge is 2.69. The van der Waals surface area contributed by atoms with E-state index in [1.54, 1.807) is 0 Å². The molecule has 0 radical (unpaired) electrons. The molecule has 2 bridgehead atoms. The molecule has 29 heavy (non-hydrogen) atoms. The summed E-state index contributed by atoms with van der Waals surface area (Å²) < 4.78 is 25.1. The van der Waals surface area contributed by atoms with Gasteiger partial charge in [0.05, 0.1) is 19.3 Å². The van der Waals surface area contributed by atoms with Gasteiger partial charge in [0.1, 0.15) is 0 Å². The van der Waals surface area contributed by atoms with E-state index in [4.69, 9.17) is 28.7 Å². The van der Waals surface area contributed by atoms with Crippen LogP contribution in [0.2, 0.25) is 0 Å². The van der Waals surface area contributed by atoms with Gasteiger partial charge in [0.15, 0.2) is 18.2 Å². The van der Waals surface area contributed by atoms with Gasteiger partial charge in [-0.05, 0) is 50.9 Å². The van der Waals surface area contributed by atoms with Crippen molar-refractivity contribution in [2.24, 2.45) is 23.7 Å². The molecule has 6 rings (SSSR count). The Balaban J connectivity index is 1.26. The summed E-state index contributed by atoms with van der Waals surface area (Å²) in [7, 11) is 0. The third kappa shape index (κ3) is 3.58. The Morgan fingerprint density at radius 1 is 0.862 bits per heavy atom. The lowest BCUT2D eigenvalue weighted by Crippen LogP contribution is -2.70. The maximum Gasteiger partial charge on any atom is 0.201 e. The van der Waals surface area contributed by atoms with E-state index in [2.05, 4.69) is 13.8 Å². The Kier molecular flexibility index (Phi) is 5.72. The summed E-state index contributed by atoms with van der Waals surface area (Å²) >= 11 is 0. The molecular weight excluding hydrogens is 372 g/mol. The van der Waals surface area contributed by atoms with Crippen LogP contribution in [0.5, 0.6) is 0 Å². The largest absolute Gasteiger partial charge is 0.376 e. The van der Waals surface area contributed by atoms with Crippen molar-refractivity contribution in [1.82, 2.24) is 0 Å². The molecule has 0 N–H and O–H groups in total. The molecular formula is C23H38O6. The monoisotopic (exact) mass is 410 g/mol. The first-order valence-corrected chi connectivity index (χ1v) is 12.0. The van der Waals surface area contributed by atoms with Crippen molar-refractivity contribution < 1.29 is 28.7 Å². The highest BCUT2D eigenvalue weighted by Crippen LogP contribution is 2.60. The molecule has 6 aliphatic rings. The highest BCUT2D eigenvalue weighted by atomic mass is 17.3. The SMILES string of the molecule is C[C@H]1C(OCCOC2CCCCC2)O[C@@H]2O[C@]3(C)CCC4[C@H](C)CCC1[C@]42OO3. The van der Waals surface area contributed by atoms with Crippen LogP contribution in [-0.4, -0.2) is 43.3 Å². The van der Waals surface area contributed by atoms with Gasteiger partial charge in [-0.3, -0.25) is 0 Å². The molecule has 0 amide bonds. The maximum absolute atomic E-state index is 6.44. The van der Waals surface area contributed by atoms with Gasteiger partial charge in [-0.25, -0.2) is 9.78 Å². The highest BCUT2D eigenvalue weighted by molar-refractivity contribution is 5.09. The van der Waals surface area contributed by atoms with Gasteiger partial charge in [0, 0.05) is 18.3 Å². The molecule has 4 saturated heterocycles. The Morgan fingerprint density at radius 3 is 2.48 bits per heavy atom. The first-order valence-electron chi connectivity index (χ1n) is 12.0. The Hall–Kier alpha value is -0.240. The molecule has 4 heterocycles. The van der Waals surface area contributed by atoms with Gasteiger partial charge >= 0.3 is 0 Å². The Morgan fingerprint density at radius 2 is 1.66 bits per heavy atom. The average molecular weight is 411 g/mol. The van der Waals surface area contributed by atoms with Crippen LogP contribution in [0.3, 0.4) is 0 Å². The predicted molar refractivity (Wildman–Crippen MR) is 106 cm³/mol. The van der Waals surface area contributed by atoms with Crippen LogP contribution in [0.25, 0.3) is 0 Å². The van der Waals surface area contributed by atoms with E-state index in [0.29, 0.717) is 37.1 Å². The minimum atomic E-state index is -0.729. The lowest BCUT2D eigenvalue weighted by atomic mass is 9.58. The fourth-order valence-electron chi connectivity index (χ4n) is 6.67. The molecule has 6 heteroatoms. The average Bonchev–Trinajstić information content (AvgIpc) is 2.95. The van der Waals surface area contributed by atoms with Crippen molar-refractivity contribution in [2.45, 2.75) is 109 Å². The molecule has 6 fully saturated rings. The van der Waals surface area contributed by atoms with E-state index in [-0.39, 0.29) is 12.2 Å².